The number of carbonyl (C=O) groups is 1. The molecule has 3 heteroatoms. The lowest BCUT2D eigenvalue weighted by Crippen LogP contribution is -2.40. The molecule has 0 unspecified atom stereocenters. The summed E-state index contributed by atoms with van der Waals surface area (Å²) in [7, 11) is 0. The molecule has 1 heterocycles. The van der Waals surface area contributed by atoms with Gasteiger partial charge in [0.05, 0.1) is 0 Å². The van der Waals surface area contributed by atoms with E-state index in [4.69, 9.17) is 0 Å². The van der Waals surface area contributed by atoms with Gasteiger partial charge in [0.25, 0.3) is 0 Å². The van der Waals surface area contributed by atoms with Crippen molar-refractivity contribution >= 4 is 5.91 Å². The van der Waals surface area contributed by atoms with Crippen LogP contribution in [0.4, 0.5) is 0 Å². The van der Waals surface area contributed by atoms with E-state index in [2.05, 4.69) is 54.0 Å². The Kier molecular flexibility index (Phi) is 8.31. The van der Waals surface area contributed by atoms with E-state index in [0.717, 1.165) is 57.9 Å². The molecule has 0 atom stereocenters. The monoisotopic (exact) mass is 330 g/mol. The topological polar surface area (TPSA) is 23.6 Å². The maximum Gasteiger partial charge on any atom is 0.223 e. The van der Waals surface area contributed by atoms with Gasteiger partial charge in [-0.2, -0.15) is 0 Å². The molecule has 1 fully saturated rings. The molecule has 0 aliphatic carbocycles. The zero-order valence-electron chi connectivity index (χ0n) is 15.5. The molecule has 1 saturated heterocycles. The number of hydrogen-bond donors (Lipinski definition) is 0. The molecule has 0 radical (unpaired) electrons. The average molecular weight is 331 g/mol. The molecule has 0 aromatic heterocycles. The van der Waals surface area contributed by atoms with Crippen LogP contribution in [0.25, 0.3) is 0 Å². The Balaban J connectivity index is 1.70. The van der Waals surface area contributed by atoms with E-state index in [1.54, 1.807) is 0 Å². The van der Waals surface area contributed by atoms with Gasteiger partial charge in [-0.1, -0.05) is 44.2 Å². The van der Waals surface area contributed by atoms with Crippen LogP contribution in [0.5, 0.6) is 0 Å². The normalized spacial score (nSPS) is 15.9. The predicted octanol–water partition coefficient (Wildman–Crippen LogP) is 3.98. The lowest BCUT2D eigenvalue weighted by Gasteiger charge is -2.33. The quantitative estimate of drug-likeness (QED) is 0.684. The second-order valence-corrected chi connectivity index (χ2v) is 7.11. The van der Waals surface area contributed by atoms with Gasteiger partial charge >= 0.3 is 0 Å². The number of rotatable bonds is 9. The number of benzene rings is 1. The average Bonchev–Trinajstić information content (AvgIpc) is 2.61. The van der Waals surface area contributed by atoms with E-state index in [9.17, 15) is 4.79 Å². The summed E-state index contributed by atoms with van der Waals surface area (Å²) < 4.78 is 0. The second-order valence-electron chi connectivity index (χ2n) is 7.11. The summed E-state index contributed by atoms with van der Waals surface area (Å²) in [5.41, 5.74) is 1.43. The highest BCUT2D eigenvalue weighted by molar-refractivity contribution is 5.76. The Morgan fingerprint density at radius 2 is 1.67 bits per heavy atom. The van der Waals surface area contributed by atoms with Crippen LogP contribution in [0, 0.1) is 5.92 Å². The lowest BCUT2D eigenvalue weighted by atomic mass is 9.90. The van der Waals surface area contributed by atoms with Crippen LogP contribution in [-0.2, 0) is 11.2 Å². The second kappa shape index (κ2) is 10.5. The van der Waals surface area contributed by atoms with Gasteiger partial charge in [-0.3, -0.25) is 4.79 Å². The molecular formula is C21H34N2O. The van der Waals surface area contributed by atoms with Crippen LogP contribution in [0.2, 0.25) is 0 Å². The summed E-state index contributed by atoms with van der Waals surface area (Å²) >= 11 is 0. The van der Waals surface area contributed by atoms with Crippen molar-refractivity contribution in [2.75, 3.05) is 32.7 Å². The summed E-state index contributed by atoms with van der Waals surface area (Å²) in [6.07, 6.45) is 6.47. The minimum absolute atomic E-state index is 0.352. The van der Waals surface area contributed by atoms with Crippen molar-refractivity contribution in [3.8, 4) is 0 Å². The van der Waals surface area contributed by atoms with Crippen molar-refractivity contribution in [1.82, 2.24) is 9.80 Å². The van der Waals surface area contributed by atoms with Gasteiger partial charge in [0.15, 0.2) is 0 Å². The molecule has 0 spiro atoms. The Hall–Kier alpha value is -1.35. The molecule has 1 amide bonds. The van der Waals surface area contributed by atoms with Crippen molar-refractivity contribution in [3.63, 3.8) is 0 Å². The molecule has 1 aromatic rings. The molecule has 1 aliphatic rings. The van der Waals surface area contributed by atoms with Gasteiger partial charge in [-0.05, 0) is 56.7 Å². The van der Waals surface area contributed by atoms with E-state index in [1.165, 1.54) is 18.4 Å². The van der Waals surface area contributed by atoms with E-state index in [-0.39, 0.29) is 0 Å². The number of likely N-dealkylation sites (tertiary alicyclic amines) is 1. The first-order valence-electron chi connectivity index (χ1n) is 9.77. The van der Waals surface area contributed by atoms with Gasteiger partial charge < -0.3 is 9.80 Å². The van der Waals surface area contributed by atoms with Crippen LogP contribution in [0.1, 0.15) is 51.5 Å². The van der Waals surface area contributed by atoms with Crippen molar-refractivity contribution in [1.29, 1.82) is 0 Å². The molecule has 0 N–H and O–H groups in total. The number of carbonyl (C=O) groups excluding carboxylic acids is 1. The van der Waals surface area contributed by atoms with Gasteiger partial charge in [-0.15, -0.1) is 0 Å². The van der Waals surface area contributed by atoms with Crippen LogP contribution in [-0.4, -0.2) is 48.4 Å². The first-order chi connectivity index (χ1) is 11.7. The van der Waals surface area contributed by atoms with Gasteiger partial charge in [-0.25, -0.2) is 0 Å². The molecule has 2 rings (SSSR count). The molecule has 134 valence electrons. The fourth-order valence-corrected chi connectivity index (χ4v) is 3.71. The van der Waals surface area contributed by atoms with Crippen LogP contribution >= 0.6 is 0 Å². The fourth-order valence-electron chi connectivity index (χ4n) is 3.71. The molecule has 0 saturated carbocycles. The Bertz CT molecular complexity index is 460. The van der Waals surface area contributed by atoms with Crippen LogP contribution in [0.3, 0.4) is 0 Å². The summed E-state index contributed by atoms with van der Waals surface area (Å²) in [6, 6.07) is 10.7. The van der Waals surface area contributed by atoms with Crippen molar-refractivity contribution in [2.45, 2.75) is 52.4 Å². The number of piperidine rings is 1. The van der Waals surface area contributed by atoms with E-state index < -0.39 is 0 Å². The Morgan fingerprint density at radius 3 is 2.25 bits per heavy atom. The zero-order valence-corrected chi connectivity index (χ0v) is 15.5. The van der Waals surface area contributed by atoms with Crippen LogP contribution < -0.4 is 0 Å². The highest BCUT2D eigenvalue weighted by Crippen LogP contribution is 2.22. The van der Waals surface area contributed by atoms with Gasteiger partial charge in [0.1, 0.15) is 0 Å². The summed E-state index contributed by atoms with van der Waals surface area (Å²) in [6.45, 7) is 9.45. The summed E-state index contributed by atoms with van der Waals surface area (Å²) in [5, 5.41) is 0. The zero-order chi connectivity index (χ0) is 17.2. The molecular weight excluding hydrogens is 296 g/mol. The molecule has 24 heavy (non-hydrogen) atoms. The first kappa shape index (κ1) is 19.0. The minimum atomic E-state index is 0.352. The van der Waals surface area contributed by atoms with E-state index >= 15 is 0 Å². The van der Waals surface area contributed by atoms with Crippen molar-refractivity contribution in [2.24, 2.45) is 5.92 Å². The number of hydrogen-bond acceptors (Lipinski definition) is 2. The van der Waals surface area contributed by atoms with Gasteiger partial charge in [0.2, 0.25) is 5.91 Å². The van der Waals surface area contributed by atoms with E-state index in [0.29, 0.717) is 12.3 Å². The van der Waals surface area contributed by atoms with Crippen molar-refractivity contribution < 1.29 is 4.79 Å². The number of nitrogens with zero attached hydrogens (tertiary/aromatic N) is 2. The largest absolute Gasteiger partial charge is 0.343 e. The molecule has 3 nitrogen and oxygen atoms in total. The lowest BCUT2D eigenvalue weighted by molar-refractivity contribution is -0.132. The maximum atomic E-state index is 12.5. The fraction of sp³-hybridized carbons (Fsp3) is 0.667. The third-order valence-electron chi connectivity index (χ3n) is 5.06. The van der Waals surface area contributed by atoms with Crippen LogP contribution in [0.15, 0.2) is 30.3 Å². The van der Waals surface area contributed by atoms with Crippen molar-refractivity contribution in [3.05, 3.63) is 35.9 Å². The third-order valence-corrected chi connectivity index (χ3v) is 5.06. The van der Waals surface area contributed by atoms with E-state index in [1.807, 2.05) is 0 Å². The standard InChI is InChI=1S/C21H34N2O/c1-3-13-22(14-4-2)15-12-21(24)23-16-10-20(11-17-23)18-19-8-6-5-7-9-19/h5-9,20H,3-4,10-18H2,1-2H3. The number of amides is 1. The highest BCUT2D eigenvalue weighted by atomic mass is 16.2. The smallest absolute Gasteiger partial charge is 0.223 e. The molecule has 1 aliphatic heterocycles. The molecule has 1 aromatic carbocycles. The Morgan fingerprint density at radius 1 is 1.04 bits per heavy atom. The first-order valence-corrected chi connectivity index (χ1v) is 9.77. The maximum absolute atomic E-state index is 12.5. The minimum Gasteiger partial charge on any atom is -0.343 e. The van der Waals surface area contributed by atoms with Gasteiger partial charge in [0, 0.05) is 26.1 Å². The molecule has 0 bridgehead atoms. The SMILES string of the molecule is CCCN(CCC)CCC(=O)N1CCC(Cc2ccccc2)CC1. The third kappa shape index (κ3) is 6.27. The predicted molar refractivity (Wildman–Crippen MR) is 101 cm³/mol. The summed E-state index contributed by atoms with van der Waals surface area (Å²) in [4.78, 5) is 17.0. The Labute approximate surface area is 148 Å². The summed E-state index contributed by atoms with van der Waals surface area (Å²) in [5.74, 6) is 1.08. The highest BCUT2D eigenvalue weighted by Gasteiger charge is 2.23.